The zero-order valence-corrected chi connectivity index (χ0v) is 11.2. The largest absolute Gasteiger partial charge is 0.324 e. The second-order valence-corrected chi connectivity index (χ2v) is 7.44. The van der Waals surface area contributed by atoms with Gasteiger partial charge in [-0.15, -0.1) is 0 Å². The summed E-state index contributed by atoms with van der Waals surface area (Å²) in [6.07, 6.45) is 1.23. The van der Waals surface area contributed by atoms with Gasteiger partial charge in [-0.25, -0.2) is 8.42 Å². The first-order chi connectivity index (χ1) is 7.81. The number of hydrogen-bond acceptors (Lipinski definition) is 3. The molecule has 1 fully saturated rings. The van der Waals surface area contributed by atoms with Crippen molar-refractivity contribution >= 4 is 9.84 Å². The molecule has 0 spiro atoms. The highest BCUT2D eigenvalue weighted by Crippen LogP contribution is 2.27. The second-order valence-electron chi connectivity index (χ2n) is 5.25. The van der Waals surface area contributed by atoms with E-state index in [-0.39, 0.29) is 11.5 Å². The fourth-order valence-corrected chi connectivity index (χ4v) is 4.54. The Bertz CT molecular complexity index is 516. The van der Waals surface area contributed by atoms with Gasteiger partial charge in [0.15, 0.2) is 9.84 Å². The van der Waals surface area contributed by atoms with Crippen molar-refractivity contribution in [2.24, 2.45) is 5.73 Å². The van der Waals surface area contributed by atoms with Crippen molar-refractivity contribution in [1.82, 2.24) is 0 Å². The van der Waals surface area contributed by atoms with E-state index < -0.39 is 15.4 Å². The fraction of sp³-hybridized carbons (Fsp3) is 0.538. The Labute approximate surface area is 103 Å². The van der Waals surface area contributed by atoms with Gasteiger partial charge in [-0.2, -0.15) is 0 Å². The first kappa shape index (κ1) is 12.6. The van der Waals surface area contributed by atoms with Crippen molar-refractivity contribution in [3.8, 4) is 0 Å². The summed E-state index contributed by atoms with van der Waals surface area (Å²) >= 11 is 0. The summed E-state index contributed by atoms with van der Waals surface area (Å²) in [5, 5.41) is 0. The van der Waals surface area contributed by atoms with E-state index in [4.69, 9.17) is 5.73 Å². The molecule has 2 N–H and O–H groups in total. The number of nitrogens with two attached hydrogens (primary N) is 1. The molecule has 1 heterocycles. The first-order valence-electron chi connectivity index (χ1n) is 5.86. The van der Waals surface area contributed by atoms with Crippen molar-refractivity contribution in [1.29, 1.82) is 0 Å². The summed E-state index contributed by atoms with van der Waals surface area (Å²) < 4.78 is 23.1. The van der Waals surface area contributed by atoms with E-state index in [2.05, 4.69) is 26.0 Å². The minimum absolute atomic E-state index is 0.119. The van der Waals surface area contributed by atoms with Crippen LogP contribution in [0.4, 0.5) is 0 Å². The van der Waals surface area contributed by atoms with Crippen LogP contribution in [0, 0.1) is 13.8 Å². The van der Waals surface area contributed by atoms with Crippen LogP contribution in [0.2, 0.25) is 0 Å². The number of sulfone groups is 1. The van der Waals surface area contributed by atoms with Gasteiger partial charge in [0.2, 0.25) is 0 Å². The molecule has 0 aromatic heterocycles. The molecule has 1 saturated heterocycles. The third-order valence-electron chi connectivity index (χ3n) is 3.59. The number of benzene rings is 1. The van der Waals surface area contributed by atoms with Gasteiger partial charge in [0.05, 0.1) is 11.5 Å². The molecule has 1 atom stereocenters. The minimum atomic E-state index is -2.92. The van der Waals surface area contributed by atoms with Crippen molar-refractivity contribution in [3.05, 3.63) is 34.9 Å². The van der Waals surface area contributed by atoms with Crippen molar-refractivity contribution < 1.29 is 8.42 Å². The summed E-state index contributed by atoms with van der Waals surface area (Å²) in [5.41, 5.74) is 9.24. The van der Waals surface area contributed by atoms with Gasteiger partial charge < -0.3 is 5.73 Å². The highest BCUT2D eigenvalue weighted by atomic mass is 32.2. The van der Waals surface area contributed by atoms with Gasteiger partial charge in [-0.05, 0) is 43.4 Å². The zero-order chi connectivity index (χ0) is 12.7. The van der Waals surface area contributed by atoms with Gasteiger partial charge in [0.1, 0.15) is 0 Å². The summed E-state index contributed by atoms with van der Waals surface area (Å²) in [5.74, 6) is 0.349. The molecule has 2 rings (SSSR count). The Balaban J connectivity index is 2.28. The van der Waals surface area contributed by atoms with E-state index in [0.29, 0.717) is 12.8 Å². The van der Waals surface area contributed by atoms with Crippen LogP contribution >= 0.6 is 0 Å². The lowest BCUT2D eigenvalue weighted by Gasteiger charge is -2.24. The van der Waals surface area contributed by atoms with Crippen LogP contribution in [0.25, 0.3) is 0 Å². The highest BCUT2D eigenvalue weighted by Gasteiger charge is 2.39. The quantitative estimate of drug-likeness (QED) is 0.865. The lowest BCUT2D eigenvalue weighted by Crippen LogP contribution is -2.43. The lowest BCUT2D eigenvalue weighted by atomic mass is 9.87. The average Bonchev–Trinajstić information content (AvgIpc) is 2.48. The van der Waals surface area contributed by atoms with Crippen LogP contribution in [0.15, 0.2) is 18.2 Å². The molecule has 4 heteroatoms. The molecule has 1 aliphatic heterocycles. The van der Waals surface area contributed by atoms with Gasteiger partial charge in [-0.3, -0.25) is 0 Å². The molecule has 1 aromatic rings. The third kappa shape index (κ3) is 2.69. The third-order valence-corrected chi connectivity index (χ3v) is 5.43. The lowest BCUT2D eigenvalue weighted by molar-refractivity contribution is 0.474. The number of aryl methyl sites for hydroxylation is 2. The van der Waals surface area contributed by atoms with Crippen molar-refractivity contribution in [3.63, 3.8) is 0 Å². The van der Waals surface area contributed by atoms with Crippen LogP contribution in [-0.4, -0.2) is 25.5 Å². The maximum Gasteiger partial charge on any atom is 0.152 e. The Morgan fingerprint density at radius 3 is 2.35 bits per heavy atom. The van der Waals surface area contributed by atoms with E-state index in [1.54, 1.807) is 0 Å². The topological polar surface area (TPSA) is 60.2 Å². The first-order valence-corrected chi connectivity index (χ1v) is 7.68. The Morgan fingerprint density at radius 2 is 1.88 bits per heavy atom. The van der Waals surface area contributed by atoms with E-state index >= 15 is 0 Å². The van der Waals surface area contributed by atoms with Crippen molar-refractivity contribution in [2.45, 2.75) is 32.2 Å². The van der Waals surface area contributed by atoms with Crippen molar-refractivity contribution in [2.75, 3.05) is 11.5 Å². The Hall–Kier alpha value is -0.870. The van der Waals surface area contributed by atoms with E-state index in [1.165, 1.54) is 16.7 Å². The number of hydrogen-bond donors (Lipinski definition) is 1. The molecule has 0 radical (unpaired) electrons. The van der Waals surface area contributed by atoms with Crippen LogP contribution in [-0.2, 0) is 16.3 Å². The normalized spacial score (nSPS) is 27.2. The molecular formula is C13H19NO2S. The molecule has 0 aliphatic carbocycles. The molecule has 0 amide bonds. The Kier molecular flexibility index (Phi) is 3.04. The predicted molar refractivity (Wildman–Crippen MR) is 69.8 cm³/mol. The Morgan fingerprint density at radius 1 is 1.29 bits per heavy atom. The van der Waals surface area contributed by atoms with Gasteiger partial charge in [0, 0.05) is 5.54 Å². The molecule has 1 aromatic carbocycles. The van der Waals surface area contributed by atoms with E-state index in [1.807, 2.05) is 6.07 Å². The average molecular weight is 253 g/mol. The second kappa shape index (κ2) is 4.10. The minimum Gasteiger partial charge on any atom is -0.324 e. The maximum atomic E-state index is 11.5. The van der Waals surface area contributed by atoms with Gasteiger partial charge in [0.25, 0.3) is 0 Å². The van der Waals surface area contributed by atoms with E-state index in [9.17, 15) is 8.42 Å². The highest BCUT2D eigenvalue weighted by molar-refractivity contribution is 7.91. The van der Waals surface area contributed by atoms with Crippen LogP contribution < -0.4 is 5.73 Å². The molecule has 0 bridgehead atoms. The molecule has 0 saturated carbocycles. The van der Waals surface area contributed by atoms with Gasteiger partial charge >= 0.3 is 0 Å². The standard InChI is InChI=1S/C13H19NO2S/c1-10-4-3-5-11(2)12(10)8-13(14)6-7-17(15,16)9-13/h3-5H,6-9,14H2,1-2H3. The summed E-state index contributed by atoms with van der Waals surface area (Å²) in [6.45, 7) is 4.10. The molecule has 1 aliphatic rings. The fourth-order valence-electron chi connectivity index (χ4n) is 2.56. The van der Waals surface area contributed by atoms with Gasteiger partial charge in [-0.1, -0.05) is 18.2 Å². The summed E-state index contributed by atoms with van der Waals surface area (Å²) in [4.78, 5) is 0. The van der Waals surface area contributed by atoms with Crippen LogP contribution in [0.5, 0.6) is 0 Å². The monoisotopic (exact) mass is 253 g/mol. The SMILES string of the molecule is Cc1cccc(C)c1CC1(N)CCS(=O)(=O)C1. The molecular weight excluding hydrogens is 234 g/mol. The smallest absolute Gasteiger partial charge is 0.152 e. The number of rotatable bonds is 2. The molecule has 94 valence electrons. The molecule has 1 unspecified atom stereocenters. The maximum absolute atomic E-state index is 11.5. The predicted octanol–water partition coefficient (Wildman–Crippen LogP) is 1.36. The molecule has 3 nitrogen and oxygen atoms in total. The summed E-state index contributed by atoms with van der Waals surface area (Å²) in [6, 6.07) is 6.12. The molecule has 17 heavy (non-hydrogen) atoms. The summed E-state index contributed by atoms with van der Waals surface area (Å²) in [7, 11) is -2.92. The zero-order valence-electron chi connectivity index (χ0n) is 10.4. The van der Waals surface area contributed by atoms with E-state index in [0.717, 1.165) is 0 Å². The van der Waals surface area contributed by atoms with Crippen LogP contribution in [0.1, 0.15) is 23.1 Å². The van der Waals surface area contributed by atoms with Crippen LogP contribution in [0.3, 0.4) is 0 Å².